The maximum absolute atomic E-state index is 9.11. The molecule has 4 heteroatoms. The average Bonchev–Trinajstić information content (AvgIpc) is 2.21. The van der Waals surface area contributed by atoms with Crippen molar-refractivity contribution in [2.75, 3.05) is 18.9 Å². The predicted molar refractivity (Wildman–Crippen MR) is 71.0 cm³/mol. The van der Waals surface area contributed by atoms with Gasteiger partial charge in [-0.05, 0) is 36.6 Å². The van der Waals surface area contributed by atoms with Crippen molar-refractivity contribution in [3.63, 3.8) is 0 Å². The lowest BCUT2D eigenvalue weighted by molar-refractivity contribution is 0.0946. The second kappa shape index (κ2) is 5.71. The van der Waals surface area contributed by atoms with Crippen molar-refractivity contribution < 1.29 is 5.11 Å². The fraction of sp³-hybridized carbons (Fsp3) is 0.538. The Hall–Kier alpha value is -0.770. The summed E-state index contributed by atoms with van der Waals surface area (Å²) in [5.41, 5.74) is 7.56. The van der Waals surface area contributed by atoms with Crippen molar-refractivity contribution in [2.24, 2.45) is 0 Å². The topological polar surface area (TPSA) is 49.5 Å². The van der Waals surface area contributed by atoms with Crippen LogP contribution in [-0.4, -0.2) is 29.2 Å². The zero-order valence-corrected chi connectivity index (χ0v) is 10.7. The van der Waals surface area contributed by atoms with Crippen molar-refractivity contribution in [3.8, 4) is 0 Å². The van der Waals surface area contributed by atoms with Crippen LogP contribution in [0.1, 0.15) is 24.8 Å². The molecular weight excluding hydrogens is 236 g/mol. The van der Waals surface area contributed by atoms with Gasteiger partial charge in [0.2, 0.25) is 0 Å². The summed E-state index contributed by atoms with van der Waals surface area (Å²) in [7, 11) is 0. The lowest BCUT2D eigenvalue weighted by Gasteiger charge is -2.37. The molecule has 1 aliphatic carbocycles. The molecule has 1 aromatic rings. The SMILES string of the molecule is Nc1ccc(Cl)c(CN(CCO)C2CCC2)c1. The zero-order valence-electron chi connectivity index (χ0n) is 9.90. The van der Waals surface area contributed by atoms with Crippen LogP contribution in [0.3, 0.4) is 0 Å². The van der Waals surface area contributed by atoms with Gasteiger partial charge >= 0.3 is 0 Å². The van der Waals surface area contributed by atoms with Crippen molar-refractivity contribution >= 4 is 17.3 Å². The second-order valence-corrected chi connectivity index (χ2v) is 5.04. The minimum atomic E-state index is 0.191. The summed E-state index contributed by atoms with van der Waals surface area (Å²) in [6.45, 7) is 1.67. The molecule has 3 nitrogen and oxygen atoms in total. The van der Waals surface area contributed by atoms with Crippen LogP contribution >= 0.6 is 11.6 Å². The summed E-state index contributed by atoms with van der Waals surface area (Å²) in [5.74, 6) is 0. The molecule has 0 heterocycles. The Labute approximate surface area is 107 Å². The molecule has 2 rings (SSSR count). The molecule has 0 spiro atoms. The van der Waals surface area contributed by atoms with E-state index in [1.165, 1.54) is 19.3 Å². The number of aliphatic hydroxyl groups is 1. The van der Waals surface area contributed by atoms with Crippen molar-refractivity contribution in [1.82, 2.24) is 4.90 Å². The van der Waals surface area contributed by atoms with Crippen LogP contribution in [0.15, 0.2) is 18.2 Å². The normalized spacial score (nSPS) is 16.2. The first kappa shape index (κ1) is 12.7. The lowest BCUT2D eigenvalue weighted by Crippen LogP contribution is -2.41. The molecule has 0 saturated heterocycles. The summed E-state index contributed by atoms with van der Waals surface area (Å²) in [5, 5.41) is 9.86. The van der Waals surface area contributed by atoms with E-state index in [9.17, 15) is 0 Å². The summed E-state index contributed by atoms with van der Waals surface area (Å²) < 4.78 is 0. The van der Waals surface area contributed by atoms with E-state index in [0.29, 0.717) is 12.6 Å². The number of rotatable bonds is 5. The Balaban J connectivity index is 2.07. The molecule has 0 unspecified atom stereocenters. The third-order valence-electron chi connectivity index (χ3n) is 3.42. The fourth-order valence-corrected chi connectivity index (χ4v) is 2.38. The van der Waals surface area contributed by atoms with Gasteiger partial charge in [0.05, 0.1) is 6.61 Å². The number of hydrogen-bond acceptors (Lipinski definition) is 3. The first-order valence-corrected chi connectivity index (χ1v) is 6.47. The summed E-state index contributed by atoms with van der Waals surface area (Å²) in [6.07, 6.45) is 3.73. The third-order valence-corrected chi connectivity index (χ3v) is 3.79. The third kappa shape index (κ3) is 3.12. The highest BCUT2D eigenvalue weighted by molar-refractivity contribution is 6.31. The molecule has 17 heavy (non-hydrogen) atoms. The maximum atomic E-state index is 9.11. The zero-order chi connectivity index (χ0) is 12.3. The number of nitrogen functional groups attached to an aromatic ring is 1. The van der Waals surface area contributed by atoms with Gasteiger partial charge in [0.1, 0.15) is 0 Å². The number of aliphatic hydroxyl groups excluding tert-OH is 1. The first-order chi connectivity index (χ1) is 8.20. The summed E-state index contributed by atoms with van der Waals surface area (Å²) in [4.78, 5) is 2.30. The van der Waals surface area contributed by atoms with Crippen molar-refractivity contribution in [2.45, 2.75) is 31.8 Å². The van der Waals surface area contributed by atoms with E-state index in [1.807, 2.05) is 18.2 Å². The maximum Gasteiger partial charge on any atom is 0.0558 e. The first-order valence-electron chi connectivity index (χ1n) is 6.09. The Morgan fingerprint density at radius 1 is 1.41 bits per heavy atom. The molecule has 1 saturated carbocycles. The molecule has 0 aromatic heterocycles. The van der Waals surface area contributed by atoms with Gasteiger partial charge in [-0.2, -0.15) is 0 Å². The fourth-order valence-electron chi connectivity index (χ4n) is 2.21. The van der Waals surface area contributed by atoms with Crippen LogP contribution in [-0.2, 0) is 6.54 Å². The van der Waals surface area contributed by atoms with Crippen LogP contribution in [0.2, 0.25) is 5.02 Å². The molecule has 0 radical (unpaired) electrons. The largest absolute Gasteiger partial charge is 0.399 e. The van der Waals surface area contributed by atoms with E-state index < -0.39 is 0 Å². The van der Waals surface area contributed by atoms with Crippen molar-refractivity contribution in [3.05, 3.63) is 28.8 Å². The van der Waals surface area contributed by atoms with Gasteiger partial charge in [0, 0.05) is 29.8 Å². The number of hydrogen-bond donors (Lipinski definition) is 2. The van der Waals surface area contributed by atoms with Gasteiger partial charge in [-0.15, -0.1) is 0 Å². The molecule has 0 aliphatic heterocycles. The monoisotopic (exact) mass is 254 g/mol. The van der Waals surface area contributed by atoms with Crippen LogP contribution in [0.5, 0.6) is 0 Å². The Bertz CT molecular complexity index is 380. The smallest absolute Gasteiger partial charge is 0.0558 e. The number of anilines is 1. The molecule has 1 aliphatic rings. The van der Waals surface area contributed by atoms with Crippen molar-refractivity contribution in [1.29, 1.82) is 0 Å². The molecule has 0 amide bonds. The molecule has 1 fully saturated rings. The van der Waals surface area contributed by atoms with Gasteiger partial charge < -0.3 is 10.8 Å². The van der Waals surface area contributed by atoms with Crippen LogP contribution in [0, 0.1) is 0 Å². The molecule has 94 valence electrons. The number of benzene rings is 1. The van der Waals surface area contributed by atoms with Gasteiger partial charge in [-0.1, -0.05) is 18.0 Å². The van der Waals surface area contributed by atoms with Gasteiger partial charge in [-0.3, -0.25) is 4.90 Å². The minimum Gasteiger partial charge on any atom is -0.399 e. The second-order valence-electron chi connectivity index (χ2n) is 4.63. The minimum absolute atomic E-state index is 0.191. The molecule has 3 N–H and O–H groups in total. The van der Waals surface area contributed by atoms with Gasteiger partial charge in [-0.25, -0.2) is 0 Å². The molecule has 0 bridgehead atoms. The molecule has 0 atom stereocenters. The Kier molecular flexibility index (Phi) is 4.26. The number of nitrogens with zero attached hydrogens (tertiary/aromatic N) is 1. The summed E-state index contributed by atoms with van der Waals surface area (Å²) >= 11 is 6.16. The van der Waals surface area contributed by atoms with E-state index in [4.69, 9.17) is 22.4 Å². The van der Waals surface area contributed by atoms with Gasteiger partial charge in [0.15, 0.2) is 0 Å². The van der Waals surface area contributed by atoms with E-state index in [0.717, 1.165) is 22.8 Å². The van der Waals surface area contributed by atoms with E-state index in [1.54, 1.807) is 0 Å². The number of nitrogens with two attached hydrogens (primary N) is 1. The standard InChI is InChI=1S/C13H19ClN2O/c14-13-5-4-11(15)8-10(13)9-16(6-7-17)12-2-1-3-12/h4-5,8,12,17H,1-3,6-7,9,15H2. The molecule has 1 aromatic carbocycles. The summed E-state index contributed by atoms with van der Waals surface area (Å²) in [6, 6.07) is 6.17. The van der Waals surface area contributed by atoms with Gasteiger partial charge in [0.25, 0.3) is 0 Å². The van der Waals surface area contributed by atoms with E-state index in [-0.39, 0.29) is 6.61 Å². The quantitative estimate of drug-likeness (QED) is 0.793. The highest BCUT2D eigenvalue weighted by Gasteiger charge is 2.24. The highest BCUT2D eigenvalue weighted by Crippen LogP contribution is 2.28. The molecular formula is C13H19ClN2O. The predicted octanol–water partition coefficient (Wildman–Crippen LogP) is 2.27. The van der Waals surface area contributed by atoms with Crippen LogP contribution in [0.25, 0.3) is 0 Å². The highest BCUT2D eigenvalue weighted by atomic mass is 35.5. The Morgan fingerprint density at radius 2 is 2.18 bits per heavy atom. The van der Waals surface area contributed by atoms with Crippen LogP contribution in [0.4, 0.5) is 5.69 Å². The lowest BCUT2D eigenvalue weighted by atomic mass is 9.91. The Morgan fingerprint density at radius 3 is 2.76 bits per heavy atom. The number of halogens is 1. The van der Waals surface area contributed by atoms with Crippen LogP contribution < -0.4 is 5.73 Å². The van der Waals surface area contributed by atoms with E-state index in [2.05, 4.69) is 4.90 Å². The van der Waals surface area contributed by atoms with E-state index >= 15 is 0 Å². The average molecular weight is 255 g/mol.